The minimum atomic E-state index is -0.0954. The smallest absolute Gasteiger partial charge is 0.200 e. The van der Waals surface area contributed by atoms with Gasteiger partial charge in [-0.25, -0.2) is 0 Å². The van der Waals surface area contributed by atoms with Crippen molar-refractivity contribution in [1.82, 2.24) is 0 Å². The molecule has 0 aliphatic carbocycles. The number of hydrogen-bond donors (Lipinski definition) is 0. The topological polar surface area (TPSA) is 67.1 Å². The predicted octanol–water partition coefficient (Wildman–Crippen LogP) is 5.38. The molecule has 1 aromatic heterocycles. The van der Waals surface area contributed by atoms with E-state index in [4.69, 9.17) is 23.4 Å². The third kappa shape index (κ3) is 4.12. The molecule has 0 unspecified atom stereocenters. The van der Waals surface area contributed by atoms with Crippen molar-refractivity contribution in [3.63, 3.8) is 0 Å². The van der Waals surface area contributed by atoms with Crippen molar-refractivity contribution in [1.29, 1.82) is 0 Å². The van der Waals surface area contributed by atoms with Crippen LogP contribution in [0.3, 0.4) is 0 Å². The zero-order valence-corrected chi connectivity index (χ0v) is 18.6. The first-order valence-corrected chi connectivity index (χ1v) is 10.9. The van der Waals surface area contributed by atoms with Gasteiger partial charge in [0.15, 0.2) is 11.5 Å². The average molecular weight is 444 g/mol. The van der Waals surface area contributed by atoms with Crippen molar-refractivity contribution in [2.45, 2.75) is 20.0 Å². The van der Waals surface area contributed by atoms with Crippen LogP contribution in [0.5, 0.6) is 23.0 Å². The summed E-state index contributed by atoms with van der Waals surface area (Å²) in [4.78, 5) is 13.3. The van der Waals surface area contributed by atoms with Gasteiger partial charge in [-0.05, 0) is 53.4 Å². The molecule has 168 valence electrons. The number of rotatable bonds is 6. The first-order valence-electron chi connectivity index (χ1n) is 10.9. The summed E-state index contributed by atoms with van der Waals surface area (Å²) in [7, 11) is 1.64. The molecule has 1 aliphatic heterocycles. The van der Waals surface area contributed by atoms with Crippen molar-refractivity contribution < 1.29 is 23.4 Å². The molecule has 0 N–H and O–H groups in total. The molecule has 33 heavy (non-hydrogen) atoms. The van der Waals surface area contributed by atoms with Crippen LogP contribution in [-0.4, -0.2) is 20.3 Å². The van der Waals surface area contributed by atoms with E-state index < -0.39 is 0 Å². The Morgan fingerprint density at radius 3 is 2.64 bits per heavy atom. The molecule has 0 spiro atoms. The Morgan fingerprint density at radius 2 is 1.82 bits per heavy atom. The number of methoxy groups -OCH3 is 1. The molecule has 6 nitrogen and oxygen atoms in total. The predicted molar refractivity (Wildman–Crippen MR) is 126 cm³/mol. The van der Waals surface area contributed by atoms with E-state index in [0.717, 1.165) is 28.9 Å². The maximum atomic E-state index is 13.3. The van der Waals surface area contributed by atoms with Gasteiger partial charge in [0.2, 0.25) is 5.43 Å². The SMILES string of the molecule is CCc1cc2c(=O)c(-c3ccc4c(c3)OCCO4)coc2cc1OCc1cccc(OC)c1. The molecule has 0 atom stereocenters. The number of benzene rings is 3. The van der Waals surface area contributed by atoms with Crippen LogP contribution in [-0.2, 0) is 13.0 Å². The Morgan fingerprint density at radius 1 is 0.970 bits per heavy atom. The summed E-state index contributed by atoms with van der Waals surface area (Å²) < 4.78 is 28.5. The molecule has 4 aromatic rings. The Bertz CT molecular complexity index is 1370. The highest BCUT2D eigenvalue weighted by atomic mass is 16.6. The lowest BCUT2D eigenvalue weighted by molar-refractivity contribution is 0.171. The standard InChI is InChI=1S/C27H24O6/c1-3-18-12-21-25(14-24(18)32-15-17-5-4-6-20(11-17)29-2)33-16-22(27(21)28)19-7-8-23-26(13-19)31-10-9-30-23/h4-8,11-14,16H,3,9-10,15H2,1-2H3. The fraction of sp³-hybridized carbons (Fsp3) is 0.222. The van der Waals surface area contributed by atoms with E-state index >= 15 is 0 Å². The van der Waals surface area contributed by atoms with Gasteiger partial charge in [-0.1, -0.05) is 25.1 Å². The third-order valence-corrected chi connectivity index (χ3v) is 5.72. The molecule has 0 amide bonds. The van der Waals surface area contributed by atoms with Crippen molar-refractivity contribution in [2.75, 3.05) is 20.3 Å². The van der Waals surface area contributed by atoms with Gasteiger partial charge in [0.1, 0.15) is 43.2 Å². The van der Waals surface area contributed by atoms with Gasteiger partial charge >= 0.3 is 0 Å². The van der Waals surface area contributed by atoms with Crippen LogP contribution in [0.2, 0.25) is 0 Å². The Balaban J connectivity index is 1.48. The molecule has 0 saturated carbocycles. The monoisotopic (exact) mass is 444 g/mol. The molecule has 0 fully saturated rings. The summed E-state index contributed by atoms with van der Waals surface area (Å²) >= 11 is 0. The molecule has 0 bridgehead atoms. The molecular weight excluding hydrogens is 420 g/mol. The average Bonchev–Trinajstić information content (AvgIpc) is 2.87. The van der Waals surface area contributed by atoms with Gasteiger partial charge < -0.3 is 23.4 Å². The Kier molecular flexibility index (Phi) is 5.65. The summed E-state index contributed by atoms with van der Waals surface area (Å²) in [6, 6.07) is 16.9. The van der Waals surface area contributed by atoms with Gasteiger partial charge in [-0.2, -0.15) is 0 Å². The minimum Gasteiger partial charge on any atom is -0.497 e. The van der Waals surface area contributed by atoms with E-state index in [-0.39, 0.29) is 5.43 Å². The highest BCUT2D eigenvalue weighted by molar-refractivity contribution is 5.84. The van der Waals surface area contributed by atoms with Crippen molar-refractivity contribution >= 4 is 11.0 Å². The molecule has 6 heteroatoms. The lowest BCUT2D eigenvalue weighted by Gasteiger charge is -2.18. The summed E-state index contributed by atoms with van der Waals surface area (Å²) in [5.41, 5.74) is 3.53. The first kappa shape index (κ1) is 20.9. The Labute approximate surface area is 191 Å². The number of aryl methyl sites for hydroxylation is 1. The number of ether oxygens (including phenoxy) is 4. The van der Waals surface area contributed by atoms with E-state index in [9.17, 15) is 4.79 Å². The normalized spacial score (nSPS) is 12.5. The second kappa shape index (κ2) is 8.90. The highest BCUT2D eigenvalue weighted by Gasteiger charge is 2.17. The molecule has 1 aliphatic rings. The summed E-state index contributed by atoms with van der Waals surface area (Å²) in [5, 5.41) is 0.521. The van der Waals surface area contributed by atoms with Gasteiger partial charge in [-0.15, -0.1) is 0 Å². The number of hydrogen-bond acceptors (Lipinski definition) is 6. The van der Waals surface area contributed by atoms with Crippen molar-refractivity contribution in [3.8, 4) is 34.1 Å². The fourth-order valence-electron chi connectivity index (χ4n) is 3.95. The van der Waals surface area contributed by atoms with E-state index in [2.05, 4.69) is 0 Å². The lowest BCUT2D eigenvalue weighted by atomic mass is 10.0. The maximum absolute atomic E-state index is 13.3. The minimum absolute atomic E-state index is 0.0954. The second-order valence-corrected chi connectivity index (χ2v) is 7.79. The fourth-order valence-corrected chi connectivity index (χ4v) is 3.95. The van der Waals surface area contributed by atoms with E-state index in [0.29, 0.717) is 53.6 Å². The van der Waals surface area contributed by atoms with E-state index in [1.54, 1.807) is 13.2 Å². The second-order valence-electron chi connectivity index (χ2n) is 7.79. The quantitative estimate of drug-likeness (QED) is 0.398. The van der Waals surface area contributed by atoms with Crippen molar-refractivity contribution in [2.24, 2.45) is 0 Å². The summed E-state index contributed by atoms with van der Waals surface area (Å²) in [5.74, 6) is 2.79. The van der Waals surface area contributed by atoms with Crippen LogP contribution >= 0.6 is 0 Å². The lowest BCUT2D eigenvalue weighted by Crippen LogP contribution is -2.15. The van der Waals surface area contributed by atoms with Gasteiger partial charge in [0, 0.05) is 6.07 Å². The third-order valence-electron chi connectivity index (χ3n) is 5.72. The van der Waals surface area contributed by atoms with E-state index in [1.165, 1.54) is 6.26 Å². The van der Waals surface area contributed by atoms with Crippen LogP contribution in [0.25, 0.3) is 22.1 Å². The molecule has 5 rings (SSSR count). The summed E-state index contributed by atoms with van der Waals surface area (Å²) in [6.45, 7) is 3.43. The molecule has 0 saturated heterocycles. The molecular formula is C27H24O6. The Hall–Kier alpha value is -3.93. The first-order chi connectivity index (χ1) is 16.2. The molecule has 2 heterocycles. The molecule has 3 aromatic carbocycles. The zero-order chi connectivity index (χ0) is 22.8. The van der Waals surface area contributed by atoms with Gasteiger partial charge in [-0.3, -0.25) is 4.79 Å². The van der Waals surface area contributed by atoms with Crippen LogP contribution in [0.15, 0.2) is 70.1 Å². The van der Waals surface area contributed by atoms with Gasteiger partial charge in [0.05, 0.1) is 18.1 Å². The summed E-state index contributed by atoms with van der Waals surface area (Å²) in [6.07, 6.45) is 2.21. The van der Waals surface area contributed by atoms with E-state index in [1.807, 2.05) is 55.5 Å². The largest absolute Gasteiger partial charge is 0.497 e. The highest BCUT2D eigenvalue weighted by Crippen LogP contribution is 2.35. The number of fused-ring (bicyclic) bond motifs is 2. The zero-order valence-electron chi connectivity index (χ0n) is 18.6. The van der Waals surface area contributed by atoms with Gasteiger partial charge in [0.25, 0.3) is 0 Å². The van der Waals surface area contributed by atoms with Crippen LogP contribution in [0.1, 0.15) is 18.1 Å². The molecule has 0 radical (unpaired) electrons. The van der Waals surface area contributed by atoms with Crippen LogP contribution in [0, 0.1) is 0 Å². The maximum Gasteiger partial charge on any atom is 0.200 e. The van der Waals surface area contributed by atoms with Crippen molar-refractivity contribution in [3.05, 3.63) is 82.2 Å². The van der Waals surface area contributed by atoms with Crippen LogP contribution < -0.4 is 24.4 Å². The van der Waals surface area contributed by atoms with Crippen LogP contribution in [0.4, 0.5) is 0 Å².